The third kappa shape index (κ3) is 5.68. The molecule has 1 amide bonds. The molecular weight excluding hydrogens is 344 g/mol. The zero-order valence-corrected chi connectivity index (χ0v) is 18.0. The van der Waals surface area contributed by atoms with Gasteiger partial charge in [-0.15, -0.1) is 0 Å². The summed E-state index contributed by atoms with van der Waals surface area (Å²) in [6.07, 6.45) is 3.35. The summed E-state index contributed by atoms with van der Waals surface area (Å²) < 4.78 is 0. The molecule has 0 saturated carbocycles. The van der Waals surface area contributed by atoms with E-state index < -0.39 is 0 Å². The van der Waals surface area contributed by atoms with Crippen molar-refractivity contribution in [2.75, 3.05) is 26.7 Å². The second kappa shape index (κ2) is 11.7. The minimum atomic E-state index is -0.0778. The molecule has 2 aromatic rings. The van der Waals surface area contributed by atoms with Crippen LogP contribution in [0.25, 0.3) is 0 Å². The number of likely N-dealkylation sites (tertiary alicyclic amines) is 1. The first kappa shape index (κ1) is 22.2. The highest BCUT2D eigenvalue weighted by atomic mass is 16.2. The average Bonchev–Trinajstić information content (AvgIpc) is 3.28. The van der Waals surface area contributed by atoms with Crippen LogP contribution in [0, 0.1) is 0 Å². The van der Waals surface area contributed by atoms with Crippen molar-refractivity contribution in [3.63, 3.8) is 0 Å². The second-order valence-corrected chi connectivity index (χ2v) is 7.25. The molecular formula is C25H36N2O. The Morgan fingerprint density at radius 1 is 0.929 bits per heavy atom. The summed E-state index contributed by atoms with van der Waals surface area (Å²) in [6.45, 7) is 9.29. The van der Waals surface area contributed by atoms with Crippen LogP contribution in [0.1, 0.15) is 63.1 Å². The quantitative estimate of drug-likeness (QED) is 0.633. The smallest absolute Gasteiger partial charge is 0.230 e. The molecule has 1 aliphatic rings. The van der Waals surface area contributed by atoms with Crippen LogP contribution in [0.15, 0.2) is 60.7 Å². The van der Waals surface area contributed by atoms with Crippen LogP contribution < -0.4 is 0 Å². The maximum Gasteiger partial charge on any atom is 0.230 e. The van der Waals surface area contributed by atoms with Gasteiger partial charge >= 0.3 is 0 Å². The maximum atomic E-state index is 13.4. The number of nitrogens with zero attached hydrogens (tertiary/aromatic N) is 2. The van der Waals surface area contributed by atoms with E-state index in [0.717, 1.165) is 31.6 Å². The number of benzene rings is 2. The molecule has 0 bridgehead atoms. The lowest BCUT2D eigenvalue weighted by atomic mass is 9.93. The van der Waals surface area contributed by atoms with Gasteiger partial charge in [0, 0.05) is 13.6 Å². The number of hydrogen-bond donors (Lipinski definition) is 0. The summed E-state index contributed by atoms with van der Waals surface area (Å²) >= 11 is 0. The monoisotopic (exact) mass is 380 g/mol. The van der Waals surface area contributed by atoms with Gasteiger partial charge in [0.25, 0.3) is 0 Å². The highest BCUT2D eigenvalue weighted by Gasteiger charge is 2.29. The van der Waals surface area contributed by atoms with Crippen LogP contribution in [0.5, 0.6) is 0 Å². The van der Waals surface area contributed by atoms with Gasteiger partial charge in [-0.2, -0.15) is 0 Å². The number of carbonyl (C=O) groups excluding carboxylic acids is 1. The Balaban J connectivity index is 0.00000136. The zero-order chi connectivity index (χ0) is 20.4. The number of amides is 1. The molecule has 2 aromatic carbocycles. The van der Waals surface area contributed by atoms with E-state index in [1.165, 1.54) is 18.4 Å². The van der Waals surface area contributed by atoms with Gasteiger partial charge in [-0.3, -0.25) is 4.79 Å². The molecule has 152 valence electrons. The first-order valence-corrected chi connectivity index (χ1v) is 10.8. The van der Waals surface area contributed by atoms with Crippen LogP contribution >= 0.6 is 0 Å². The Hall–Kier alpha value is -2.13. The minimum absolute atomic E-state index is 0.0778. The Labute approximate surface area is 171 Å². The second-order valence-electron chi connectivity index (χ2n) is 7.25. The maximum absolute atomic E-state index is 13.4. The molecule has 3 nitrogen and oxygen atoms in total. The lowest BCUT2D eigenvalue weighted by Gasteiger charge is -2.34. The normalized spacial score (nSPS) is 16.0. The summed E-state index contributed by atoms with van der Waals surface area (Å²) in [5, 5.41) is 0. The van der Waals surface area contributed by atoms with Gasteiger partial charge in [0.05, 0.1) is 12.0 Å². The predicted octanol–water partition coefficient (Wildman–Crippen LogP) is 5.50. The van der Waals surface area contributed by atoms with E-state index >= 15 is 0 Å². The molecule has 0 aromatic heterocycles. The van der Waals surface area contributed by atoms with Crippen LogP contribution in [-0.4, -0.2) is 42.4 Å². The van der Waals surface area contributed by atoms with Crippen LogP contribution in [-0.2, 0) is 4.79 Å². The summed E-state index contributed by atoms with van der Waals surface area (Å²) in [5.74, 6) is 0.137. The van der Waals surface area contributed by atoms with Gasteiger partial charge < -0.3 is 9.80 Å². The van der Waals surface area contributed by atoms with E-state index in [4.69, 9.17) is 0 Å². The molecule has 1 saturated heterocycles. The first-order chi connectivity index (χ1) is 13.7. The number of carbonyl (C=O) groups is 1. The van der Waals surface area contributed by atoms with Crippen molar-refractivity contribution >= 4 is 5.91 Å². The third-order valence-corrected chi connectivity index (χ3v) is 5.54. The summed E-state index contributed by atoms with van der Waals surface area (Å²) in [7, 11) is 1.97. The molecule has 0 spiro atoms. The van der Waals surface area contributed by atoms with Gasteiger partial charge in [0.2, 0.25) is 5.91 Å². The first-order valence-electron chi connectivity index (χ1n) is 10.8. The van der Waals surface area contributed by atoms with Gasteiger partial charge in [-0.25, -0.2) is 0 Å². The van der Waals surface area contributed by atoms with Gasteiger partial charge in [-0.1, -0.05) is 81.4 Å². The van der Waals surface area contributed by atoms with Crippen LogP contribution in [0.3, 0.4) is 0 Å². The van der Waals surface area contributed by atoms with E-state index in [9.17, 15) is 4.79 Å². The van der Waals surface area contributed by atoms with Gasteiger partial charge in [0.15, 0.2) is 0 Å². The fourth-order valence-corrected chi connectivity index (χ4v) is 3.97. The van der Waals surface area contributed by atoms with E-state index in [1.807, 2.05) is 50.1 Å². The van der Waals surface area contributed by atoms with Crippen molar-refractivity contribution < 1.29 is 4.79 Å². The lowest BCUT2D eigenvalue weighted by molar-refractivity contribution is -0.134. The molecule has 0 N–H and O–H groups in total. The molecule has 1 aliphatic heterocycles. The molecule has 1 fully saturated rings. The van der Waals surface area contributed by atoms with E-state index in [2.05, 4.69) is 48.2 Å². The zero-order valence-electron chi connectivity index (χ0n) is 18.0. The summed E-state index contributed by atoms with van der Waals surface area (Å²) in [5.41, 5.74) is 2.33. The molecule has 0 aliphatic carbocycles. The fraction of sp³-hybridized carbons (Fsp3) is 0.480. The van der Waals surface area contributed by atoms with Crippen LogP contribution in [0.4, 0.5) is 0 Å². The van der Waals surface area contributed by atoms with E-state index in [-0.39, 0.29) is 17.9 Å². The third-order valence-electron chi connectivity index (χ3n) is 5.54. The number of hydrogen-bond acceptors (Lipinski definition) is 2. The van der Waals surface area contributed by atoms with Crippen molar-refractivity contribution in [1.82, 2.24) is 9.80 Å². The van der Waals surface area contributed by atoms with Crippen molar-refractivity contribution in [2.24, 2.45) is 0 Å². The number of rotatable bonds is 7. The number of likely N-dealkylation sites (N-methyl/N-ethyl adjacent to an activating group) is 1. The predicted molar refractivity (Wildman–Crippen MR) is 118 cm³/mol. The lowest BCUT2D eigenvalue weighted by Crippen LogP contribution is -2.40. The van der Waals surface area contributed by atoms with Crippen LogP contribution in [0.2, 0.25) is 0 Å². The standard InChI is InChI=1S/C23H30N2O.C2H6/c1-3-21(19-12-6-4-7-13-19)23(26)24(2)22(18-25-16-10-11-17-25)20-14-8-5-9-15-20;1-2/h4-9,12-15,21-22H,3,10-11,16-18H2,1-2H3;1-2H3. The Morgan fingerprint density at radius 3 is 1.93 bits per heavy atom. The molecule has 2 unspecified atom stereocenters. The van der Waals surface area contributed by atoms with Crippen molar-refractivity contribution in [3.8, 4) is 0 Å². The fourth-order valence-electron chi connectivity index (χ4n) is 3.97. The summed E-state index contributed by atoms with van der Waals surface area (Å²) in [4.78, 5) is 17.8. The highest BCUT2D eigenvalue weighted by molar-refractivity contribution is 5.84. The molecule has 3 heteroatoms. The Morgan fingerprint density at radius 2 is 1.43 bits per heavy atom. The van der Waals surface area contributed by atoms with Gasteiger partial charge in [-0.05, 0) is 43.5 Å². The van der Waals surface area contributed by atoms with Crippen molar-refractivity contribution in [2.45, 2.75) is 52.0 Å². The SMILES string of the molecule is CC.CCC(C(=O)N(C)C(CN1CCCC1)c1ccccc1)c1ccccc1. The average molecular weight is 381 g/mol. The largest absolute Gasteiger partial charge is 0.337 e. The van der Waals surface area contributed by atoms with Crippen molar-refractivity contribution in [1.29, 1.82) is 0 Å². The Bertz CT molecular complexity index is 680. The van der Waals surface area contributed by atoms with E-state index in [1.54, 1.807) is 0 Å². The molecule has 1 heterocycles. The minimum Gasteiger partial charge on any atom is -0.337 e. The highest BCUT2D eigenvalue weighted by Crippen LogP contribution is 2.28. The van der Waals surface area contributed by atoms with E-state index in [0.29, 0.717) is 0 Å². The Kier molecular flexibility index (Phi) is 9.22. The molecule has 2 atom stereocenters. The van der Waals surface area contributed by atoms with Crippen molar-refractivity contribution in [3.05, 3.63) is 71.8 Å². The molecule has 0 radical (unpaired) electrons. The van der Waals surface area contributed by atoms with Gasteiger partial charge in [0.1, 0.15) is 0 Å². The molecule has 28 heavy (non-hydrogen) atoms. The topological polar surface area (TPSA) is 23.6 Å². The summed E-state index contributed by atoms with van der Waals surface area (Å²) in [6, 6.07) is 20.7. The molecule has 3 rings (SSSR count).